The zero-order valence-electron chi connectivity index (χ0n) is 12.9. The Labute approximate surface area is 125 Å². The minimum atomic E-state index is -0.422. The van der Waals surface area contributed by atoms with Crippen LogP contribution in [0.2, 0.25) is 0 Å². The van der Waals surface area contributed by atoms with Crippen molar-refractivity contribution in [3.05, 3.63) is 35.1 Å². The molecule has 4 nitrogen and oxygen atoms in total. The maximum atomic E-state index is 13.8. The molecule has 1 aliphatic rings. The number of hydrogen-bond donors (Lipinski definition) is 1. The number of aryl methyl sites for hydroxylation is 1. The second-order valence-electron chi connectivity index (χ2n) is 5.69. The van der Waals surface area contributed by atoms with Crippen molar-refractivity contribution in [1.29, 1.82) is 0 Å². The van der Waals surface area contributed by atoms with Crippen LogP contribution in [-0.2, 0) is 0 Å². The lowest BCUT2D eigenvalue weighted by Crippen LogP contribution is -2.45. The minimum absolute atomic E-state index is 0.134. The van der Waals surface area contributed by atoms with Crippen LogP contribution in [0.1, 0.15) is 22.3 Å². The van der Waals surface area contributed by atoms with E-state index in [0.717, 1.165) is 39.1 Å². The summed E-state index contributed by atoms with van der Waals surface area (Å²) in [4.78, 5) is 16.7. The monoisotopic (exact) mass is 293 g/mol. The Hall–Kier alpha value is -1.46. The fourth-order valence-electron chi connectivity index (χ4n) is 2.49. The van der Waals surface area contributed by atoms with Crippen molar-refractivity contribution in [2.45, 2.75) is 13.3 Å². The summed E-state index contributed by atoms with van der Waals surface area (Å²) in [6.07, 6.45) is 0.892. The number of likely N-dealkylation sites (N-methyl/N-ethyl adjacent to an activating group) is 1. The molecule has 21 heavy (non-hydrogen) atoms. The molecule has 0 radical (unpaired) electrons. The summed E-state index contributed by atoms with van der Waals surface area (Å²) in [5.74, 6) is -0.747. The lowest BCUT2D eigenvalue weighted by Gasteiger charge is -2.32. The Morgan fingerprint density at radius 3 is 2.71 bits per heavy atom. The average molecular weight is 293 g/mol. The highest BCUT2D eigenvalue weighted by Gasteiger charge is 2.14. The van der Waals surface area contributed by atoms with Crippen LogP contribution < -0.4 is 5.32 Å². The van der Waals surface area contributed by atoms with Crippen molar-refractivity contribution in [1.82, 2.24) is 15.1 Å². The van der Waals surface area contributed by atoms with Gasteiger partial charge in [0.1, 0.15) is 5.82 Å². The van der Waals surface area contributed by atoms with E-state index in [9.17, 15) is 9.18 Å². The summed E-state index contributed by atoms with van der Waals surface area (Å²) < 4.78 is 13.8. The van der Waals surface area contributed by atoms with Gasteiger partial charge in [-0.15, -0.1) is 0 Å². The Morgan fingerprint density at radius 1 is 1.29 bits per heavy atom. The van der Waals surface area contributed by atoms with Gasteiger partial charge in [-0.2, -0.15) is 0 Å². The first kappa shape index (κ1) is 15.9. The number of hydrogen-bond acceptors (Lipinski definition) is 3. The van der Waals surface area contributed by atoms with Gasteiger partial charge in [0.05, 0.1) is 5.56 Å². The maximum Gasteiger partial charge on any atom is 0.254 e. The predicted molar refractivity (Wildman–Crippen MR) is 82.0 cm³/mol. The van der Waals surface area contributed by atoms with E-state index in [4.69, 9.17) is 0 Å². The predicted octanol–water partition coefficient (Wildman–Crippen LogP) is 1.50. The first-order valence-corrected chi connectivity index (χ1v) is 7.52. The van der Waals surface area contributed by atoms with Crippen molar-refractivity contribution in [2.24, 2.45) is 0 Å². The lowest BCUT2D eigenvalue weighted by molar-refractivity contribution is 0.0945. The Balaban J connectivity index is 1.71. The zero-order valence-corrected chi connectivity index (χ0v) is 12.9. The summed E-state index contributed by atoms with van der Waals surface area (Å²) >= 11 is 0. The lowest BCUT2D eigenvalue weighted by atomic mass is 10.1. The highest BCUT2D eigenvalue weighted by Crippen LogP contribution is 2.11. The van der Waals surface area contributed by atoms with E-state index in [1.165, 1.54) is 6.07 Å². The van der Waals surface area contributed by atoms with Crippen LogP contribution in [-0.4, -0.2) is 62.0 Å². The van der Waals surface area contributed by atoms with E-state index >= 15 is 0 Å². The first-order valence-electron chi connectivity index (χ1n) is 7.52. The van der Waals surface area contributed by atoms with Gasteiger partial charge in [0, 0.05) is 32.7 Å². The molecule has 1 amide bonds. The van der Waals surface area contributed by atoms with E-state index in [1.54, 1.807) is 19.1 Å². The third kappa shape index (κ3) is 4.51. The van der Waals surface area contributed by atoms with Crippen molar-refractivity contribution >= 4 is 5.91 Å². The molecule has 1 N–H and O–H groups in total. The summed E-state index contributed by atoms with van der Waals surface area (Å²) in [6, 6.07) is 4.90. The number of carbonyl (C=O) groups excluding carboxylic acids is 1. The molecule has 1 saturated heterocycles. The van der Waals surface area contributed by atoms with Crippen LogP contribution in [0.5, 0.6) is 0 Å². The number of benzene rings is 1. The van der Waals surface area contributed by atoms with Crippen LogP contribution >= 0.6 is 0 Å². The number of piperazine rings is 1. The molecule has 116 valence electrons. The van der Waals surface area contributed by atoms with E-state index < -0.39 is 5.82 Å². The minimum Gasteiger partial charge on any atom is -0.352 e. The molecular weight excluding hydrogens is 269 g/mol. The number of halogens is 1. The fraction of sp³-hybridized carbons (Fsp3) is 0.562. The third-order valence-electron chi connectivity index (χ3n) is 3.97. The van der Waals surface area contributed by atoms with Gasteiger partial charge in [-0.25, -0.2) is 4.39 Å². The molecule has 1 aliphatic heterocycles. The second kappa shape index (κ2) is 7.52. The molecular formula is C16H24FN3O. The molecule has 0 aliphatic carbocycles. The van der Waals surface area contributed by atoms with Crippen LogP contribution in [0.15, 0.2) is 18.2 Å². The molecule has 0 atom stereocenters. The van der Waals surface area contributed by atoms with Gasteiger partial charge in [0.15, 0.2) is 0 Å². The van der Waals surface area contributed by atoms with Gasteiger partial charge in [-0.1, -0.05) is 12.1 Å². The number of carbonyl (C=O) groups is 1. The molecule has 0 aromatic heterocycles. The van der Waals surface area contributed by atoms with E-state index in [1.807, 2.05) is 0 Å². The number of nitrogens with zero attached hydrogens (tertiary/aromatic N) is 2. The molecule has 0 saturated carbocycles. The molecule has 1 heterocycles. The van der Waals surface area contributed by atoms with Crippen LogP contribution in [0.25, 0.3) is 0 Å². The summed E-state index contributed by atoms with van der Waals surface area (Å²) in [5, 5.41) is 2.80. The maximum absolute atomic E-state index is 13.8. The molecule has 2 rings (SSSR count). The van der Waals surface area contributed by atoms with E-state index in [-0.39, 0.29) is 11.5 Å². The van der Waals surface area contributed by atoms with Gasteiger partial charge < -0.3 is 15.1 Å². The summed E-state index contributed by atoms with van der Waals surface area (Å²) in [7, 11) is 2.13. The SMILES string of the molecule is Cc1cccc(C(=O)NCCCN2CCN(C)CC2)c1F. The first-order chi connectivity index (χ1) is 10.1. The smallest absolute Gasteiger partial charge is 0.254 e. The van der Waals surface area contributed by atoms with E-state index in [0.29, 0.717) is 12.1 Å². The number of nitrogens with one attached hydrogen (secondary N) is 1. The molecule has 0 unspecified atom stereocenters. The molecule has 0 bridgehead atoms. The average Bonchev–Trinajstić information content (AvgIpc) is 2.48. The molecule has 1 fully saturated rings. The fourth-order valence-corrected chi connectivity index (χ4v) is 2.49. The van der Waals surface area contributed by atoms with Crippen LogP contribution in [0.3, 0.4) is 0 Å². The third-order valence-corrected chi connectivity index (χ3v) is 3.97. The molecule has 1 aromatic carbocycles. The summed E-state index contributed by atoms with van der Waals surface area (Å²) in [5.41, 5.74) is 0.634. The number of rotatable bonds is 5. The molecule has 0 spiro atoms. The highest BCUT2D eigenvalue weighted by molar-refractivity contribution is 5.94. The Morgan fingerprint density at radius 2 is 2.00 bits per heavy atom. The van der Waals surface area contributed by atoms with Gasteiger partial charge in [0.25, 0.3) is 5.91 Å². The van der Waals surface area contributed by atoms with Crippen molar-refractivity contribution in [3.8, 4) is 0 Å². The quantitative estimate of drug-likeness (QED) is 0.836. The highest BCUT2D eigenvalue weighted by atomic mass is 19.1. The number of amides is 1. The zero-order chi connectivity index (χ0) is 15.2. The standard InChI is InChI=1S/C16H24FN3O/c1-13-5-3-6-14(15(13)17)16(21)18-7-4-8-20-11-9-19(2)10-12-20/h3,5-6H,4,7-12H2,1-2H3,(H,18,21). The van der Waals surface area contributed by atoms with Gasteiger partial charge >= 0.3 is 0 Å². The Bertz CT molecular complexity index is 484. The van der Waals surface area contributed by atoms with Crippen molar-refractivity contribution in [2.75, 3.05) is 46.3 Å². The largest absolute Gasteiger partial charge is 0.352 e. The van der Waals surface area contributed by atoms with Gasteiger partial charge in [-0.3, -0.25) is 4.79 Å². The van der Waals surface area contributed by atoms with Crippen LogP contribution in [0, 0.1) is 12.7 Å². The molecule has 1 aromatic rings. The van der Waals surface area contributed by atoms with E-state index in [2.05, 4.69) is 22.2 Å². The summed E-state index contributed by atoms with van der Waals surface area (Å²) in [6.45, 7) is 7.58. The second-order valence-corrected chi connectivity index (χ2v) is 5.69. The topological polar surface area (TPSA) is 35.6 Å². The van der Waals surface area contributed by atoms with Gasteiger partial charge in [0.2, 0.25) is 0 Å². The molecule has 5 heteroatoms. The van der Waals surface area contributed by atoms with Crippen molar-refractivity contribution in [3.63, 3.8) is 0 Å². The Kier molecular flexibility index (Phi) is 5.70. The van der Waals surface area contributed by atoms with Crippen LogP contribution in [0.4, 0.5) is 4.39 Å². The van der Waals surface area contributed by atoms with Crippen molar-refractivity contribution < 1.29 is 9.18 Å². The normalized spacial score (nSPS) is 16.9. The van der Waals surface area contributed by atoms with Gasteiger partial charge in [-0.05, 0) is 38.6 Å².